The molecule has 0 aromatic heterocycles. The van der Waals surface area contributed by atoms with Crippen molar-refractivity contribution < 1.29 is 19.7 Å². The molecule has 0 spiro atoms. The fourth-order valence-corrected chi connectivity index (χ4v) is 3.71. The number of ether oxygens (including phenoxy) is 1. The summed E-state index contributed by atoms with van der Waals surface area (Å²) in [6.45, 7) is 1.19. The Morgan fingerprint density at radius 2 is 2.17 bits per heavy atom. The van der Waals surface area contributed by atoms with Crippen LogP contribution in [0.3, 0.4) is 0 Å². The summed E-state index contributed by atoms with van der Waals surface area (Å²) >= 11 is 0. The van der Waals surface area contributed by atoms with Crippen molar-refractivity contribution in [3.63, 3.8) is 0 Å². The number of aliphatic carboxylic acids is 1. The topological polar surface area (TPSA) is 70.0 Å². The van der Waals surface area contributed by atoms with Gasteiger partial charge in [-0.15, -0.1) is 0 Å². The highest BCUT2D eigenvalue weighted by Gasteiger charge is 2.41. The second-order valence-electron chi connectivity index (χ2n) is 7.03. The van der Waals surface area contributed by atoms with Crippen LogP contribution in [0.25, 0.3) is 0 Å². The summed E-state index contributed by atoms with van der Waals surface area (Å²) in [7, 11) is 4.07. The number of benzene rings is 1. The first-order chi connectivity index (χ1) is 11.4. The van der Waals surface area contributed by atoms with Crippen molar-refractivity contribution in [3.05, 3.63) is 29.8 Å². The maximum Gasteiger partial charge on any atom is 0.303 e. The largest absolute Gasteiger partial charge is 0.494 e. The van der Waals surface area contributed by atoms with E-state index in [4.69, 9.17) is 9.84 Å². The lowest BCUT2D eigenvalue weighted by Crippen LogP contribution is -2.49. The Morgan fingerprint density at radius 3 is 2.83 bits per heavy atom. The summed E-state index contributed by atoms with van der Waals surface area (Å²) in [5.74, 6) is -0.0589. The van der Waals surface area contributed by atoms with E-state index in [1.165, 1.54) is 0 Å². The Hall–Kier alpha value is -1.59. The number of aliphatic hydroxyl groups excluding tert-OH is 1. The molecule has 5 nitrogen and oxygen atoms in total. The second kappa shape index (κ2) is 8.49. The predicted octanol–water partition coefficient (Wildman–Crippen LogP) is 2.66. The molecular formula is C19H29NO4. The minimum atomic E-state index is -0.803. The Balaban J connectivity index is 2.15. The lowest BCUT2D eigenvalue weighted by atomic mass is 9.67. The summed E-state index contributed by atoms with van der Waals surface area (Å²) in [6.07, 6.45) is 4.24. The lowest BCUT2D eigenvalue weighted by molar-refractivity contribution is -0.137. The number of carboxylic acid groups (broad SMARTS) is 1. The van der Waals surface area contributed by atoms with Gasteiger partial charge >= 0.3 is 5.97 Å². The van der Waals surface area contributed by atoms with E-state index in [1.54, 1.807) is 0 Å². The maximum absolute atomic E-state index is 10.8. The van der Waals surface area contributed by atoms with Gasteiger partial charge in [-0.05, 0) is 51.1 Å². The zero-order chi connectivity index (χ0) is 17.6. The van der Waals surface area contributed by atoms with Gasteiger partial charge in [0.2, 0.25) is 0 Å². The molecular weight excluding hydrogens is 306 g/mol. The molecule has 1 aliphatic carbocycles. The van der Waals surface area contributed by atoms with Gasteiger partial charge in [-0.2, -0.15) is 0 Å². The molecule has 134 valence electrons. The highest BCUT2D eigenvalue weighted by molar-refractivity contribution is 5.66. The van der Waals surface area contributed by atoms with E-state index in [9.17, 15) is 9.90 Å². The molecule has 1 aliphatic rings. The van der Waals surface area contributed by atoms with Gasteiger partial charge in [0, 0.05) is 18.4 Å². The van der Waals surface area contributed by atoms with Gasteiger partial charge in [0.25, 0.3) is 0 Å². The van der Waals surface area contributed by atoms with Crippen LogP contribution in [-0.4, -0.2) is 54.4 Å². The summed E-state index contributed by atoms with van der Waals surface area (Å²) in [4.78, 5) is 12.7. The third kappa shape index (κ3) is 4.71. The summed E-state index contributed by atoms with van der Waals surface area (Å²) in [5.41, 5.74) is 0.849. The minimum Gasteiger partial charge on any atom is -0.494 e. The molecule has 0 bridgehead atoms. The number of nitrogens with zero attached hydrogens (tertiary/aromatic N) is 1. The number of likely N-dealkylation sites (N-methyl/N-ethyl adjacent to an activating group) is 1. The number of rotatable bonds is 8. The minimum absolute atomic E-state index is 0.114. The first kappa shape index (κ1) is 18.7. The number of hydrogen-bond acceptors (Lipinski definition) is 4. The molecule has 5 heteroatoms. The van der Waals surface area contributed by atoms with Crippen LogP contribution in [0, 0.1) is 0 Å². The van der Waals surface area contributed by atoms with E-state index in [-0.39, 0.29) is 17.9 Å². The van der Waals surface area contributed by atoms with E-state index in [0.29, 0.717) is 13.0 Å². The highest BCUT2D eigenvalue weighted by atomic mass is 16.5. The normalized spacial score (nSPS) is 24.1. The lowest BCUT2D eigenvalue weighted by Gasteiger charge is -2.44. The van der Waals surface area contributed by atoms with E-state index in [1.807, 2.05) is 32.3 Å². The van der Waals surface area contributed by atoms with Crippen LogP contribution < -0.4 is 4.74 Å². The van der Waals surface area contributed by atoms with Crippen molar-refractivity contribution in [2.75, 3.05) is 27.2 Å². The van der Waals surface area contributed by atoms with Crippen molar-refractivity contribution in [1.82, 2.24) is 4.90 Å². The number of aliphatic hydroxyl groups is 1. The third-order valence-electron chi connectivity index (χ3n) is 4.80. The van der Waals surface area contributed by atoms with Gasteiger partial charge in [0.05, 0.1) is 12.7 Å². The molecule has 2 rings (SSSR count). The van der Waals surface area contributed by atoms with Gasteiger partial charge in [-0.3, -0.25) is 4.79 Å². The van der Waals surface area contributed by atoms with E-state index in [2.05, 4.69) is 11.0 Å². The summed E-state index contributed by atoms with van der Waals surface area (Å²) < 4.78 is 5.71. The van der Waals surface area contributed by atoms with Crippen molar-refractivity contribution in [3.8, 4) is 5.75 Å². The molecule has 1 fully saturated rings. The molecule has 1 aromatic rings. The Bertz CT molecular complexity index is 546. The van der Waals surface area contributed by atoms with Crippen LogP contribution in [0.1, 0.15) is 44.1 Å². The number of carboxylic acids is 1. The molecule has 1 saturated carbocycles. The average molecular weight is 335 g/mol. The van der Waals surface area contributed by atoms with E-state index >= 15 is 0 Å². The maximum atomic E-state index is 10.8. The van der Waals surface area contributed by atoms with Crippen molar-refractivity contribution >= 4 is 5.97 Å². The van der Waals surface area contributed by atoms with Crippen LogP contribution in [0.4, 0.5) is 0 Å². The highest BCUT2D eigenvalue weighted by Crippen LogP contribution is 2.41. The fourth-order valence-electron chi connectivity index (χ4n) is 3.71. The molecule has 2 unspecified atom stereocenters. The van der Waals surface area contributed by atoms with Crippen molar-refractivity contribution in [1.29, 1.82) is 0 Å². The van der Waals surface area contributed by atoms with Gasteiger partial charge in [0.1, 0.15) is 5.75 Å². The monoisotopic (exact) mass is 335 g/mol. The van der Waals surface area contributed by atoms with Crippen LogP contribution in [-0.2, 0) is 10.2 Å². The van der Waals surface area contributed by atoms with Gasteiger partial charge in [-0.1, -0.05) is 25.0 Å². The zero-order valence-corrected chi connectivity index (χ0v) is 14.7. The van der Waals surface area contributed by atoms with Gasteiger partial charge < -0.3 is 19.8 Å². The van der Waals surface area contributed by atoms with E-state index in [0.717, 1.165) is 43.5 Å². The molecule has 0 heterocycles. The molecule has 0 aliphatic heterocycles. The standard InChI is InChI=1S/C19H29NO4/c1-20(2)14-19(11-4-3-9-17(19)21)15-7-5-8-16(13-15)24-12-6-10-18(22)23/h5,7-8,13,17,21H,3-4,6,9-12,14H2,1-2H3,(H,22,23). The third-order valence-corrected chi connectivity index (χ3v) is 4.80. The van der Waals surface area contributed by atoms with Gasteiger partial charge in [0.15, 0.2) is 0 Å². The van der Waals surface area contributed by atoms with Crippen LogP contribution in [0.5, 0.6) is 5.75 Å². The molecule has 0 radical (unpaired) electrons. The van der Waals surface area contributed by atoms with Crippen molar-refractivity contribution in [2.45, 2.75) is 50.0 Å². The van der Waals surface area contributed by atoms with Crippen LogP contribution >= 0.6 is 0 Å². The summed E-state index contributed by atoms with van der Waals surface area (Å²) in [6, 6.07) is 7.93. The van der Waals surface area contributed by atoms with Crippen LogP contribution in [0.2, 0.25) is 0 Å². The second-order valence-corrected chi connectivity index (χ2v) is 7.03. The molecule has 24 heavy (non-hydrogen) atoms. The molecule has 0 saturated heterocycles. The van der Waals surface area contributed by atoms with E-state index < -0.39 is 5.97 Å². The Morgan fingerprint density at radius 1 is 1.38 bits per heavy atom. The fraction of sp³-hybridized carbons (Fsp3) is 0.632. The Labute approximate surface area is 144 Å². The molecule has 1 aromatic carbocycles. The average Bonchev–Trinajstić information content (AvgIpc) is 2.53. The van der Waals surface area contributed by atoms with Crippen LogP contribution in [0.15, 0.2) is 24.3 Å². The first-order valence-corrected chi connectivity index (χ1v) is 8.72. The number of carbonyl (C=O) groups is 1. The quantitative estimate of drug-likeness (QED) is 0.715. The molecule has 0 amide bonds. The number of hydrogen-bond donors (Lipinski definition) is 2. The molecule has 2 N–H and O–H groups in total. The smallest absolute Gasteiger partial charge is 0.303 e. The predicted molar refractivity (Wildman–Crippen MR) is 93.5 cm³/mol. The zero-order valence-electron chi connectivity index (χ0n) is 14.7. The first-order valence-electron chi connectivity index (χ1n) is 8.72. The Kier molecular flexibility index (Phi) is 6.63. The summed E-state index contributed by atoms with van der Waals surface area (Å²) in [5, 5.41) is 19.4. The van der Waals surface area contributed by atoms with Gasteiger partial charge in [-0.25, -0.2) is 0 Å². The molecule has 2 atom stereocenters. The van der Waals surface area contributed by atoms with Crippen molar-refractivity contribution in [2.24, 2.45) is 0 Å². The SMILES string of the molecule is CN(C)CC1(c2cccc(OCCCC(=O)O)c2)CCCCC1O.